The Morgan fingerprint density at radius 1 is 1.30 bits per heavy atom. The monoisotopic (exact) mass is 311 g/mol. The van der Waals surface area contributed by atoms with Crippen LogP contribution in [0.15, 0.2) is 29.9 Å². The van der Waals surface area contributed by atoms with Crippen molar-refractivity contribution in [3.05, 3.63) is 34.9 Å². The van der Waals surface area contributed by atoms with Crippen molar-refractivity contribution in [1.29, 1.82) is 0 Å². The molecule has 2 heterocycles. The molecule has 2 rings (SSSR count). The maximum absolute atomic E-state index is 11.5. The third kappa shape index (κ3) is 4.36. The van der Waals surface area contributed by atoms with Crippen LogP contribution in [0.3, 0.4) is 0 Å². The molecule has 0 atom stereocenters. The van der Waals surface area contributed by atoms with Crippen LogP contribution in [0.1, 0.15) is 18.4 Å². The van der Waals surface area contributed by atoms with Gasteiger partial charge in [0.05, 0.1) is 16.5 Å². The third-order valence-electron chi connectivity index (χ3n) is 2.66. The molecule has 0 amide bonds. The lowest BCUT2D eigenvalue weighted by atomic mass is 10.2. The van der Waals surface area contributed by atoms with Crippen LogP contribution in [0, 0.1) is 0 Å². The summed E-state index contributed by atoms with van der Waals surface area (Å²) in [5, 5.41) is 2.90. The van der Waals surface area contributed by atoms with Gasteiger partial charge >= 0.3 is 0 Å². The second kappa shape index (κ2) is 6.92. The van der Waals surface area contributed by atoms with Crippen molar-refractivity contribution in [2.24, 2.45) is 0 Å². The first kappa shape index (κ1) is 15.1. The minimum Gasteiger partial charge on any atom is -0.265 e. The van der Waals surface area contributed by atoms with Crippen molar-refractivity contribution < 1.29 is 8.42 Å². The second-order valence-electron chi connectivity index (χ2n) is 4.33. The van der Waals surface area contributed by atoms with Crippen LogP contribution in [-0.4, -0.2) is 30.7 Å². The molecule has 2 aromatic heterocycles. The smallest absolute Gasteiger partial charge is 0.211 e. The van der Waals surface area contributed by atoms with Crippen LogP contribution < -0.4 is 4.72 Å². The molecule has 0 radical (unpaired) electrons. The van der Waals surface area contributed by atoms with Gasteiger partial charge < -0.3 is 0 Å². The normalized spacial score (nSPS) is 11.7. The molecule has 0 aliphatic carbocycles. The fourth-order valence-electron chi connectivity index (χ4n) is 1.74. The van der Waals surface area contributed by atoms with E-state index >= 15 is 0 Å². The number of nitrogens with zero attached hydrogens (tertiary/aromatic N) is 2. The van der Waals surface area contributed by atoms with Gasteiger partial charge in [-0.15, -0.1) is 11.3 Å². The van der Waals surface area contributed by atoms with Crippen molar-refractivity contribution in [3.63, 3.8) is 0 Å². The van der Waals surface area contributed by atoms with Gasteiger partial charge in [-0.2, -0.15) is 0 Å². The summed E-state index contributed by atoms with van der Waals surface area (Å²) in [6.07, 6.45) is 4.69. The number of rotatable bonds is 7. The molecule has 0 aromatic carbocycles. The number of aromatic nitrogens is 2. The highest BCUT2D eigenvalue weighted by atomic mass is 32.2. The van der Waals surface area contributed by atoms with Crippen LogP contribution in [0.25, 0.3) is 11.3 Å². The molecule has 7 heteroatoms. The molecule has 0 aliphatic rings. The molecule has 0 unspecified atom stereocenters. The number of pyridine rings is 1. The van der Waals surface area contributed by atoms with Gasteiger partial charge in [-0.3, -0.25) is 4.98 Å². The lowest BCUT2D eigenvalue weighted by Crippen LogP contribution is -2.28. The topological polar surface area (TPSA) is 72.0 Å². The number of nitrogens with one attached hydrogen (secondary N) is 1. The minimum atomic E-state index is -3.13. The summed E-state index contributed by atoms with van der Waals surface area (Å²) in [4.78, 5) is 8.47. The Morgan fingerprint density at radius 3 is 2.75 bits per heavy atom. The zero-order chi connectivity index (χ0) is 14.4. The Balaban J connectivity index is 1.91. The number of hydrogen-bond acceptors (Lipinski definition) is 5. The standard InChI is InChI=1S/C13H17N3O2S2/c1-2-9-20(17,18)15-8-5-13-16-12(10-19-13)11-3-6-14-7-4-11/h3-4,6-7,10,15H,2,5,8-9H2,1H3. The first-order valence-corrected chi connectivity index (χ1v) is 8.96. The molecule has 0 bridgehead atoms. The quantitative estimate of drug-likeness (QED) is 0.849. The first-order chi connectivity index (χ1) is 9.61. The molecule has 0 saturated heterocycles. The Bertz CT molecular complexity index is 639. The second-order valence-corrected chi connectivity index (χ2v) is 7.19. The van der Waals surface area contributed by atoms with Crippen molar-refractivity contribution in [2.45, 2.75) is 19.8 Å². The van der Waals surface area contributed by atoms with E-state index in [9.17, 15) is 8.42 Å². The Kier molecular flexibility index (Phi) is 5.22. The maximum Gasteiger partial charge on any atom is 0.211 e. The summed E-state index contributed by atoms with van der Waals surface area (Å²) in [6, 6.07) is 3.81. The highest BCUT2D eigenvalue weighted by Gasteiger charge is 2.09. The lowest BCUT2D eigenvalue weighted by molar-refractivity contribution is 0.580. The van der Waals surface area contributed by atoms with Crippen molar-refractivity contribution in [3.8, 4) is 11.3 Å². The van der Waals surface area contributed by atoms with Gasteiger partial charge in [0.2, 0.25) is 10.0 Å². The van der Waals surface area contributed by atoms with Crippen LogP contribution in [-0.2, 0) is 16.4 Å². The van der Waals surface area contributed by atoms with E-state index < -0.39 is 10.0 Å². The SMILES string of the molecule is CCCS(=O)(=O)NCCc1nc(-c2ccncc2)cs1. The zero-order valence-electron chi connectivity index (χ0n) is 11.2. The summed E-state index contributed by atoms with van der Waals surface area (Å²) in [5.74, 6) is 0.174. The predicted octanol–water partition coefficient (Wildman–Crippen LogP) is 2.08. The molecule has 20 heavy (non-hydrogen) atoms. The summed E-state index contributed by atoms with van der Waals surface area (Å²) < 4.78 is 25.6. The Morgan fingerprint density at radius 2 is 2.05 bits per heavy atom. The summed E-state index contributed by atoms with van der Waals surface area (Å²) >= 11 is 1.54. The highest BCUT2D eigenvalue weighted by Crippen LogP contribution is 2.21. The van der Waals surface area contributed by atoms with E-state index in [2.05, 4.69) is 14.7 Å². The third-order valence-corrected chi connectivity index (χ3v) is 5.16. The number of sulfonamides is 1. The molecular weight excluding hydrogens is 294 g/mol. The summed E-state index contributed by atoms with van der Waals surface area (Å²) in [5.41, 5.74) is 1.93. The molecular formula is C13H17N3O2S2. The number of hydrogen-bond donors (Lipinski definition) is 1. The van der Waals surface area contributed by atoms with Crippen molar-refractivity contribution >= 4 is 21.4 Å². The van der Waals surface area contributed by atoms with E-state index in [0.717, 1.165) is 16.3 Å². The maximum atomic E-state index is 11.5. The van der Waals surface area contributed by atoms with Gasteiger partial charge in [0.15, 0.2) is 0 Å². The van der Waals surface area contributed by atoms with Gasteiger partial charge in [0, 0.05) is 36.3 Å². The average Bonchev–Trinajstić information content (AvgIpc) is 2.88. The van der Waals surface area contributed by atoms with Crippen molar-refractivity contribution in [1.82, 2.24) is 14.7 Å². The fourth-order valence-corrected chi connectivity index (χ4v) is 3.64. The Hall–Kier alpha value is -1.31. The van der Waals surface area contributed by atoms with Gasteiger partial charge in [-0.25, -0.2) is 18.1 Å². The molecule has 0 aliphatic heterocycles. The molecule has 0 spiro atoms. The molecule has 0 fully saturated rings. The van der Waals surface area contributed by atoms with Crippen LogP contribution in [0.5, 0.6) is 0 Å². The van der Waals surface area contributed by atoms with Crippen LogP contribution in [0.2, 0.25) is 0 Å². The van der Waals surface area contributed by atoms with Crippen LogP contribution >= 0.6 is 11.3 Å². The van der Waals surface area contributed by atoms with Gasteiger partial charge in [-0.05, 0) is 18.6 Å². The molecule has 0 saturated carbocycles. The largest absolute Gasteiger partial charge is 0.265 e. The Labute approximate surface area is 123 Å². The van der Waals surface area contributed by atoms with E-state index in [1.165, 1.54) is 0 Å². The van der Waals surface area contributed by atoms with E-state index in [4.69, 9.17) is 0 Å². The van der Waals surface area contributed by atoms with E-state index in [-0.39, 0.29) is 5.75 Å². The van der Waals surface area contributed by atoms with Gasteiger partial charge in [0.1, 0.15) is 0 Å². The molecule has 2 aromatic rings. The predicted molar refractivity (Wildman–Crippen MR) is 81.1 cm³/mol. The van der Waals surface area contributed by atoms with Gasteiger partial charge in [-0.1, -0.05) is 6.92 Å². The summed E-state index contributed by atoms with van der Waals surface area (Å²) in [7, 11) is -3.13. The fraction of sp³-hybridized carbons (Fsp3) is 0.385. The minimum absolute atomic E-state index is 0.174. The molecule has 5 nitrogen and oxygen atoms in total. The van der Waals surface area contributed by atoms with E-state index in [0.29, 0.717) is 19.4 Å². The molecule has 1 N–H and O–H groups in total. The van der Waals surface area contributed by atoms with Crippen molar-refractivity contribution in [2.75, 3.05) is 12.3 Å². The van der Waals surface area contributed by atoms with E-state index in [1.807, 2.05) is 24.4 Å². The molecule has 108 valence electrons. The van der Waals surface area contributed by atoms with Gasteiger partial charge in [0.25, 0.3) is 0 Å². The van der Waals surface area contributed by atoms with Crippen LogP contribution in [0.4, 0.5) is 0 Å². The first-order valence-electron chi connectivity index (χ1n) is 6.43. The number of thiazole rings is 1. The summed E-state index contributed by atoms with van der Waals surface area (Å²) in [6.45, 7) is 2.24. The zero-order valence-corrected chi connectivity index (χ0v) is 12.9. The van der Waals surface area contributed by atoms with E-state index in [1.54, 1.807) is 23.7 Å². The highest BCUT2D eigenvalue weighted by molar-refractivity contribution is 7.89. The average molecular weight is 311 g/mol. The lowest BCUT2D eigenvalue weighted by Gasteiger charge is -2.03.